The molecular formula is C21H30O4. The summed E-state index contributed by atoms with van der Waals surface area (Å²) in [5.74, 6) is 0.932. The summed E-state index contributed by atoms with van der Waals surface area (Å²) in [6.45, 7) is 6.09. The van der Waals surface area contributed by atoms with E-state index in [0.717, 1.165) is 25.7 Å². The van der Waals surface area contributed by atoms with E-state index in [1.54, 1.807) is 6.92 Å². The van der Waals surface area contributed by atoms with Crippen LogP contribution in [-0.2, 0) is 9.59 Å². The monoisotopic (exact) mass is 346 g/mol. The van der Waals surface area contributed by atoms with E-state index in [1.165, 1.54) is 5.57 Å². The van der Waals surface area contributed by atoms with Crippen molar-refractivity contribution in [1.29, 1.82) is 0 Å². The molecule has 4 aliphatic rings. The van der Waals surface area contributed by atoms with E-state index in [4.69, 9.17) is 0 Å². The van der Waals surface area contributed by atoms with Crippen LogP contribution in [0.25, 0.3) is 0 Å². The third-order valence-corrected chi connectivity index (χ3v) is 8.42. The molecule has 0 heterocycles. The minimum atomic E-state index is -0.792. The first-order chi connectivity index (χ1) is 11.7. The molecule has 25 heavy (non-hydrogen) atoms. The number of ketones is 2. The second kappa shape index (κ2) is 5.50. The van der Waals surface area contributed by atoms with Gasteiger partial charge in [-0.1, -0.05) is 19.4 Å². The fourth-order valence-electron chi connectivity index (χ4n) is 7.06. The van der Waals surface area contributed by atoms with Crippen molar-refractivity contribution in [2.24, 2.45) is 34.5 Å². The van der Waals surface area contributed by atoms with Gasteiger partial charge in [0.2, 0.25) is 0 Å². The topological polar surface area (TPSA) is 74.6 Å². The number of hydrogen-bond acceptors (Lipinski definition) is 4. The van der Waals surface area contributed by atoms with Gasteiger partial charge in [0.15, 0.2) is 5.78 Å². The fourth-order valence-corrected chi connectivity index (χ4v) is 7.06. The summed E-state index contributed by atoms with van der Waals surface area (Å²) >= 11 is 0. The van der Waals surface area contributed by atoms with E-state index in [2.05, 4.69) is 13.8 Å². The molecule has 2 N–H and O–H groups in total. The zero-order valence-electron chi connectivity index (χ0n) is 15.5. The average Bonchev–Trinajstić information content (AvgIpc) is 2.88. The van der Waals surface area contributed by atoms with Gasteiger partial charge in [0.25, 0.3) is 0 Å². The molecule has 4 nitrogen and oxygen atoms in total. The van der Waals surface area contributed by atoms with Gasteiger partial charge in [-0.05, 0) is 74.2 Å². The smallest absolute Gasteiger partial charge is 0.159 e. The Morgan fingerprint density at radius 2 is 1.72 bits per heavy atom. The molecule has 0 aromatic carbocycles. The van der Waals surface area contributed by atoms with Crippen LogP contribution in [0, 0.1) is 34.5 Å². The van der Waals surface area contributed by atoms with Crippen molar-refractivity contribution in [1.82, 2.24) is 0 Å². The predicted octanol–water partition coefficient (Wildman–Crippen LogP) is 2.67. The third-order valence-electron chi connectivity index (χ3n) is 8.42. The molecule has 0 aromatic heterocycles. The fraction of sp³-hybridized carbons (Fsp3) is 0.810. The van der Waals surface area contributed by atoms with Gasteiger partial charge in [-0.15, -0.1) is 0 Å². The zero-order valence-corrected chi connectivity index (χ0v) is 15.5. The molecule has 0 amide bonds. The van der Waals surface area contributed by atoms with Crippen molar-refractivity contribution < 1.29 is 19.8 Å². The maximum Gasteiger partial charge on any atom is 0.159 e. The van der Waals surface area contributed by atoms with E-state index >= 15 is 0 Å². The van der Waals surface area contributed by atoms with Gasteiger partial charge in [0, 0.05) is 11.8 Å². The van der Waals surface area contributed by atoms with Crippen LogP contribution in [0.2, 0.25) is 0 Å². The molecule has 0 bridgehead atoms. The summed E-state index contributed by atoms with van der Waals surface area (Å²) < 4.78 is 0. The van der Waals surface area contributed by atoms with Crippen LogP contribution >= 0.6 is 0 Å². The van der Waals surface area contributed by atoms with Crippen LogP contribution in [0.15, 0.2) is 11.6 Å². The zero-order chi connectivity index (χ0) is 18.1. The highest BCUT2D eigenvalue weighted by molar-refractivity contribution is 5.94. The number of Topliss-reactive ketones (excluding diaryl/α,β-unsaturated/α-hetero) is 1. The van der Waals surface area contributed by atoms with E-state index in [0.29, 0.717) is 24.7 Å². The number of rotatable bonds is 1. The van der Waals surface area contributed by atoms with Gasteiger partial charge in [-0.3, -0.25) is 9.59 Å². The maximum absolute atomic E-state index is 12.9. The summed E-state index contributed by atoms with van der Waals surface area (Å²) in [7, 11) is 0. The van der Waals surface area contributed by atoms with Gasteiger partial charge in [-0.2, -0.15) is 0 Å². The second-order valence-electron chi connectivity index (χ2n) is 9.57. The molecule has 3 fully saturated rings. The number of fused-ring (bicyclic) bond motifs is 5. The van der Waals surface area contributed by atoms with E-state index < -0.39 is 12.2 Å². The lowest BCUT2D eigenvalue weighted by Gasteiger charge is -2.57. The van der Waals surface area contributed by atoms with Crippen LogP contribution < -0.4 is 0 Å². The first-order valence-electron chi connectivity index (χ1n) is 9.80. The number of aliphatic hydroxyl groups is 2. The molecule has 4 rings (SSSR count). The standard InChI is InChI=1S/C21H30O4/c1-11(22)13-4-5-14-12-8-17(23)16-9-18(24)19(25)10-21(16,3)15(12)6-7-20(13,14)2/h8,13-16,18-19,24-25H,4-7,9-10H2,1-3H3/t13-,14-,15?,16+,18-,19+,20-,21-/m1/s1. The van der Waals surface area contributed by atoms with E-state index in [1.807, 2.05) is 6.08 Å². The summed E-state index contributed by atoms with van der Waals surface area (Å²) in [4.78, 5) is 25.1. The average molecular weight is 346 g/mol. The van der Waals surface area contributed by atoms with Crippen LogP contribution in [0.1, 0.15) is 59.3 Å². The van der Waals surface area contributed by atoms with Crippen molar-refractivity contribution in [3.05, 3.63) is 11.6 Å². The normalized spacial score (nSPS) is 52.0. The Hall–Kier alpha value is -1.00. The third kappa shape index (κ3) is 2.26. The quantitative estimate of drug-likeness (QED) is 0.765. The first-order valence-corrected chi connectivity index (χ1v) is 9.80. The molecule has 4 heteroatoms. The van der Waals surface area contributed by atoms with E-state index in [-0.39, 0.29) is 34.2 Å². The van der Waals surface area contributed by atoms with Crippen LogP contribution in [0.5, 0.6) is 0 Å². The minimum absolute atomic E-state index is 0.0234. The van der Waals surface area contributed by atoms with Crippen LogP contribution in [0.3, 0.4) is 0 Å². The molecule has 0 saturated heterocycles. The molecule has 4 aliphatic carbocycles. The number of carbonyl (C=O) groups excluding carboxylic acids is 2. The minimum Gasteiger partial charge on any atom is -0.390 e. The highest BCUT2D eigenvalue weighted by Crippen LogP contribution is 2.65. The number of hydrogen-bond donors (Lipinski definition) is 2. The molecule has 0 spiro atoms. The molecule has 3 saturated carbocycles. The van der Waals surface area contributed by atoms with Crippen molar-refractivity contribution in [2.75, 3.05) is 0 Å². The predicted molar refractivity (Wildman–Crippen MR) is 93.7 cm³/mol. The lowest BCUT2D eigenvalue weighted by atomic mass is 9.47. The number of allylic oxidation sites excluding steroid dienone is 2. The van der Waals surface area contributed by atoms with Gasteiger partial charge in [-0.25, -0.2) is 0 Å². The Labute approximate surface area is 149 Å². The van der Waals surface area contributed by atoms with Crippen molar-refractivity contribution in [2.45, 2.75) is 71.5 Å². The van der Waals surface area contributed by atoms with Crippen molar-refractivity contribution in [3.63, 3.8) is 0 Å². The molecule has 138 valence electrons. The molecule has 0 aromatic rings. The summed E-state index contributed by atoms with van der Waals surface area (Å²) in [6.07, 6.45) is 5.10. The SMILES string of the molecule is CC(=O)[C@H]1CC[C@@H]2C3=CC(=O)[C@@H]4C[C@@H](O)[C@@H](O)C[C@]4(C)C3CC[C@]12C. The Morgan fingerprint density at radius 1 is 1.04 bits per heavy atom. The van der Waals surface area contributed by atoms with Crippen LogP contribution in [0.4, 0.5) is 0 Å². The Kier molecular flexibility index (Phi) is 3.83. The van der Waals surface area contributed by atoms with E-state index in [9.17, 15) is 19.8 Å². The largest absolute Gasteiger partial charge is 0.390 e. The van der Waals surface area contributed by atoms with Crippen molar-refractivity contribution >= 4 is 11.6 Å². The Morgan fingerprint density at radius 3 is 2.40 bits per heavy atom. The molecule has 8 atom stereocenters. The first kappa shape index (κ1) is 17.4. The maximum atomic E-state index is 12.9. The Bertz CT molecular complexity index is 652. The summed E-state index contributed by atoms with van der Waals surface area (Å²) in [5, 5.41) is 20.4. The number of carbonyl (C=O) groups is 2. The number of aliphatic hydroxyl groups excluding tert-OH is 2. The highest BCUT2D eigenvalue weighted by Gasteiger charge is 2.60. The molecule has 1 unspecified atom stereocenters. The molecule has 0 aliphatic heterocycles. The summed E-state index contributed by atoms with van der Waals surface area (Å²) in [6, 6.07) is 0. The van der Waals surface area contributed by atoms with Crippen LogP contribution in [-0.4, -0.2) is 34.0 Å². The highest BCUT2D eigenvalue weighted by atomic mass is 16.3. The second-order valence-corrected chi connectivity index (χ2v) is 9.57. The van der Waals surface area contributed by atoms with Gasteiger partial charge in [0.1, 0.15) is 5.78 Å². The lowest BCUT2D eigenvalue weighted by Crippen LogP contribution is -2.55. The molecule has 0 radical (unpaired) electrons. The lowest BCUT2D eigenvalue weighted by molar-refractivity contribution is -0.143. The van der Waals surface area contributed by atoms with Gasteiger partial charge < -0.3 is 10.2 Å². The summed E-state index contributed by atoms with van der Waals surface area (Å²) in [5.41, 5.74) is 0.949. The molecular weight excluding hydrogens is 316 g/mol. The van der Waals surface area contributed by atoms with Gasteiger partial charge in [0.05, 0.1) is 12.2 Å². The van der Waals surface area contributed by atoms with Crippen molar-refractivity contribution in [3.8, 4) is 0 Å². The van der Waals surface area contributed by atoms with Gasteiger partial charge >= 0.3 is 0 Å². The Balaban J connectivity index is 1.74.